The first-order valence-corrected chi connectivity index (χ1v) is 4.17. The molecule has 1 aromatic heterocycles. The van der Waals surface area contributed by atoms with Gasteiger partial charge in [0, 0.05) is 11.8 Å². The Bertz CT molecular complexity index is 235. The van der Waals surface area contributed by atoms with Crippen LogP contribution in [0.25, 0.3) is 0 Å². The molecule has 11 heavy (non-hydrogen) atoms. The largest absolute Gasteiger partial charge is 0.382 e. The molecule has 0 amide bonds. The summed E-state index contributed by atoms with van der Waals surface area (Å²) < 4.78 is 0. The third-order valence-electron chi connectivity index (χ3n) is 2.50. The number of nitrogens with zero attached hydrogens (tertiary/aromatic N) is 1. The number of hydrogen-bond acceptors (Lipinski definition) is 2. The van der Waals surface area contributed by atoms with Crippen LogP contribution in [0.5, 0.6) is 0 Å². The van der Waals surface area contributed by atoms with Gasteiger partial charge in [-0.15, -0.1) is 0 Å². The van der Waals surface area contributed by atoms with Crippen LogP contribution < -0.4 is 5.73 Å². The number of rotatable bonds is 1. The Labute approximate surface area is 66.0 Å². The minimum atomic E-state index is 0.675. The Kier molecular flexibility index (Phi) is 1.56. The van der Waals surface area contributed by atoms with E-state index in [0.717, 1.165) is 0 Å². The number of nitrogens with one attached hydrogen (secondary N) is 1. The normalized spacial score (nSPS) is 19.3. The summed E-state index contributed by atoms with van der Waals surface area (Å²) in [6.07, 6.45) is 7.18. The Morgan fingerprint density at radius 1 is 1.45 bits per heavy atom. The molecule has 1 aliphatic carbocycles. The standard InChI is InChI=1S/C8H13N3/c9-8-7(5-10-11-8)6-3-1-2-4-6/h5-6H,1-4H2,(H3,9,10,11). The van der Waals surface area contributed by atoms with Crippen LogP contribution in [-0.2, 0) is 0 Å². The van der Waals surface area contributed by atoms with E-state index in [1.54, 1.807) is 0 Å². The van der Waals surface area contributed by atoms with Gasteiger partial charge in [0.2, 0.25) is 0 Å². The van der Waals surface area contributed by atoms with E-state index < -0.39 is 0 Å². The Morgan fingerprint density at radius 3 is 2.73 bits per heavy atom. The SMILES string of the molecule is Nc1n[nH]cc1C1CCCC1. The van der Waals surface area contributed by atoms with E-state index in [1.165, 1.54) is 31.2 Å². The summed E-state index contributed by atoms with van der Waals surface area (Å²) in [6.45, 7) is 0. The maximum absolute atomic E-state index is 5.68. The fourth-order valence-electron chi connectivity index (χ4n) is 1.87. The maximum atomic E-state index is 5.68. The van der Waals surface area contributed by atoms with E-state index >= 15 is 0 Å². The minimum absolute atomic E-state index is 0.675. The summed E-state index contributed by atoms with van der Waals surface area (Å²) in [5.41, 5.74) is 6.90. The van der Waals surface area contributed by atoms with Crippen molar-refractivity contribution in [3.63, 3.8) is 0 Å². The molecule has 1 saturated carbocycles. The second-order valence-corrected chi connectivity index (χ2v) is 3.21. The molecule has 0 atom stereocenters. The zero-order chi connectivity index (χ0) is 7.68. The van der Waals surface area contributed by atoms with Crippen LogP contribution in [-0.4, -0.2) is 10.2 Å². The zero-order valence-corrected chi connectivity index (χ0v) is 6.51. The first-order chi connectivity index (χ1) is 5.38. The van der Waals surface area contributed by atoms with Crippen molar-refractivity contribution in [3.05, 3.63) is 11.8 Å². The van der Waals surface area contributed by atoms with Gasteiger partial charge < -0.3 is 5.73 Å². The van der Waals surface area contributed by atoms with Crippen LogP contribution in [0.1, 0.15) is 37.2 Å². The molecule has 1 heterocycles. The highest BCUT2D eigenvalue weighted by Gasteiger charge is 2.19. The lowest BCUT2D eigenvalue weighted by Gasteiger charge is -2.05. The van der Waals surface area contributed by atoms with Gasteiger partial charge in [0.25, 0.3) is 0 Å². The van der Waals surface area contributed by atoms with Crippen LogP contribution in [0.4, 0.5) is 5.82 Å². The number of aromatic amines is 1. The molecule has 3 heteroatoms. The number of aromatic nitrogens is 2. The summed E-state index contributed by atoms with van der Waals surface area (Å²) in [5.74, 6) is 1.37. The molecule has 0 radical (unpaired) electrons. The van der Waals surface area contributed by atoms with Crippen molar-refractivity contribution in [2.24, 2.45) is 0 Å². The second-order valence-electron chi connectivity index (χ2n) is 3.21. The Hall–Kier alpha value is -0.990. The zero-order valence-electron chi connectivity index (χ0n) is 6.51. The van der Waals surface area contributed by atoms with E-state index in [2.05, 4.69) is 10.2 Å². The Morgan fingerprint density at radius 2 is 2.18 bits per heavy atom. The molecule has 3 nitrogen and oxygen atoms in total. The lowest BCUT2D eigenvalue weighted by atomic mass is 10.0. The number of anilines is 1. The van der Waals surface area contributed by atoms with E-state index in [1.807, 2.05) is 6.20 Å². The molecule has 0 bridgehead atoms. The molecule has 0 aliphatic heterocycles. The highest BCUT2D eigenvalue weighted by atomic mass is 15.1. The van der Waals surface area contributed by atoms with E-state index in [4.69, 9.17) is 5.73 Å². The van der Waals surface area contributed by atoms with Crippen LogP contribution >= 0.6 is 0 Å². The maximum Gasteiger partial charge on any atom is 0.148 e. The number of hydrogen-bond donors (Lipinski definition) is 2. The van der Waals surface area contributed by atoms with Gasteiger partial charge >= 0.3 is 0 Å². The average Bonchev–Trinajstić information content (AvgIpc) is 2.55. The first kappa shape index (κ1) is 6.70. The third-order valence-corrected chi connectivity index (χ3v) is 2.50. The predicted octanol–water partition coefficient (Wildman–Crippen LogP) is 1.65. The lowest BCUT2D eigenvalue weighted by Crippen LogP contribution is -1.95. The summed E-state index contributed by atoms with van der Waals surface area (Å²) >= 11 is 0. The van der Waals surface area contributed by atoms with Crippen molar-refractivity contribution in [1.29, 1.82) is 0 Å². The Balaban J connectivity index is 2.21. The molecule has 0 aromatic carbocycles. The molecule has 0 unspecified atom stereocenters. The number of nitrogen functional groups attached to an aromatic ring is 1. The smallest absolute Gasteiger partial charge is 0.148 e. The second kappa shape index (κ2) is 2.57. The molecule has 2 rings (SSSR count). The molecule has 1 aromatic rings. The predicted molar refractivity (Wildman–Crippen MR) is 44.2 cm³/mol. The fourth-order valence-corrected chi connectivity index (χ4v) is 1.87. The van der Waals surface area contributed by atoms with Gasteiger partial charge in [0.15, 0.2) is 0 Å². The molecule has 60 valence electrons. The quantitative estimate of drug-likeness (QED) is 0.641. The fraction of sp³-hybridized carbons (Fsp3) is 0.625. The van der Waals surface area contributed by atoms with Crippen molar-refractivity contribution < 1.29 is 0 Å². The summed E-state index contributed by atoms with van der Waals surface area (Å²) in [7, 11) is 0. The molecule has 1 fully saturated rings. The van der Waals surface area contributed by atoms with Crippen LogP contribution in [0.2, 0.25) is 0 Å². The molecular formula is C8H13N3. The molecule has 1 aliphatic rings. The summed E-state index contributed by atoms with van der Waals surface area (Å²) in [6, 6.07) is 0. The van der Waals surface area contributed by atoms with Gasteiger partial charge in [-0.1, -0.05) is 12.8 Å². The van der Waals surface area contributed by atoms with Crippen molar-refractivity contribution in [1.82, 2.24) is 10.2 Å². The molecule has 3 N–H and O–H groups in total. The van der Waals surface area contributed by atoms with Crippen LogP contribution in [0.3, 0.4) is 0 Å². The first-order valence-electron chi connectivity index (χ1n) is 4.17. The third kappa shape index (κ3) is 1.11. The van der Waals surface area contributed by atoms with E-state index in [-0.39, 0.29) is 0 Å². The van der Waals surface area contributed by atoms with Crippen molar-refractivity contribution in [3.8, 4) is 0 Å². The van der Waals surface area contributed by atoms with Crippen LogP contribution in [0, 0.1) is 0 Å². The van der Waals surface area contributed by atoms with Crippen molar-refractivity contribution in [2.75, 3.05) is 5.73 Å². The van der Waals surface area contributed by atoms with Gasteiger partial charge in [0.1, 0.15) is 5.82 Å². The van der Waals surface area contributed by atoms with Crippen molar-refractivity contribution >= 4 is 5.82 Å². The van der Waals surface area contributed by atoms with Gasteiger partial charge in [0.05, 0.1) is 0 Å². The highest BCUT2D eigenvalue weighted by Crippen LogP contribution is 2.35. The number of H-pyrrole nitrogens is 1. The van der Waals surface area contributed by atoms with Crippen molar-refractivity contribution in [2.45, 2.75) is 31.6 Å². The number of nitrogens with two attached hydrogens (primary N) is 1. The summed E-state index contributed by atoms with van der Waals surface area (Å²) in [4.78, 5) is 0. The van der Waals surface area contributed by atoms with Gasteiger partial charge in [-0.25, -0.2) is 0 Å². The lowest BCUT2D eigenvalue weighted by molar-refractivity contribution is 0.726. The monoisotopic (exact) mass is 151 g/mol. The van der Waals surface area contributed by atoms with E-state index in [9.17, 15) is 0 Å². The van der Waals surface area contributed by atoms with Gasteiger partial charge in [-0.05, 0) is 18.8 Å². The van der Waals surface area contributed by atoms with Gasteiger partial charge in [-0.2, -0.15) is 5.10 Å². The van der Waals surface area contributed by atoms with E-state index in [0.29, 0.717) is 11.7 Å². The summed E-state index contributed by atoms with van der Waals surface area (Å²) in [5, 5.41) is 6.71. The molecular weight excluding hydrogens is 138 g/mol. The molecule has 0 spiro atoms. The van der Waals surface area contributed by atoms with Crippen LogP contribution in [0.15, 0.2) is 6.20 Å². The highest BCUT2D eigenvalue weighted by molar-refractivity contribution is 5.39. The molecule has 0 saturated heterocycles. The van der Waals surface area contributed by atoms with Gasteiger partial charge in [-0.3, -0.25) is 5.10 Å². The minimum Gasteiger partial charge on any atom is -0.382 e. The topological polar surface area (TPSA) is 54.7 Å². The average molecular weight is 151 g/mol.